The van der Waals surface area contributed by atoms with Gasteiger partial charge in [0.2, 0.25) is 6.79 Å². The van der Waals surface area contributed by atoms with Gasteiger partial charge in [-0.05, 0) is 31.0 Å². The van der Waals surface area contributed by atoms with Crippen molar-refractivity contribution in [3.63, 3.8) is 0 Å². The zero-order valence-corrected chi connectivity index (χ0v) is 13.6. The summed E-state index contributed by atoms with van der Waals surface area (Å²) in [5, 5.41) is 2.42. The van der Waals surface area contributed by atoms with Crippen molar-refractivity contribution >= 4 is 17.2 Å². The summed E-state index contributed by atoms with van der Waals surface area (Å²) in [7, 11) is 0. The second kappa shape index (κ2) is 6.76. The van der Waals surface area contributed by atoms with Crippen molar-refractivity contribution < 1.29 is 23.8 Å². The van der Waals surface area contributed by atoms with Gasteiger partial charge in [-0.25, -0.2) is 15.3 Å². The summed E-state index contributed by atoms with van der Waals surface area (Å²) < 4.78 is 16.1. The molecular formula is C16H16N2O5S. The smallest absolute Gasteiger partial charge is 0.294 e. The summed E-state index contributed by atoms with van der Waals surface area (Å²) in [6, 6.07) is 5.58. The van der Waals surface area contributed by atoms with Crippen LogP contribution >= 0.6 is 11.3 Å². The molecule has 0 spiro atoms. The molecule has 1 amide bonds. The molecule has 0 bridgehead atoms. The number of fused-ring (bicyclic) bond motifs is 1. The van der Waals surface area contributed by atoms with Gasteiger partial charge in [-0.15, -0.1) is 11.3 Å². The third kappa shape index (κ3) is 3.21. The van der Waals surface area contributed by atoms with Crippen LogP contribution in [0.4, 0.5) is 0 Å². The van der Waals surface area contributed by atoms with Crippen LogP contribution in [0.3, 0.4) is 0 Å². The Morgan fingerprint density at radius 3 is 3.08 bits per heavy atom. The molecule has 1 unspecified atom stereocenters. The Morgan fingerprint density at radius 2 is 2.21 bits per heavy atom. The molecule has 2 aliphatic rings. The van der Waals surface area contributed by atoms with Gasteiger partial charge in [0, 0.05) is 24.0 Å². The molecule has 1 aromatic heterocycles. The SMILES string of the molecule is O=C(NOC1CCCCO1)c1csc(-c2ccc3c(c2)OCO3)n1. The molecule has 1 N–H and O–H groups in total. The van der Waals surface area contributed by atoms with E-state index in [-0.39, 0.29) is 19.0 Å². The molecule has 24 heavy (non-hydrogen) atoms. The number of hydroxylamine groups is 1. The van der Waals surface area contributed by atoms with Crippen LogP contribution in [0, 0.1) is 0 Å². The van der Waals surface area contributed by atoms with E-state index in [0.29, 0.717) is 23.8 Å². The summed E-state index contributed by atoms with van der Waals surface area (Å²) in [5.74, 6) is 1.02. The largest absolute Gasteiger partial charge is 0.454 e. The number of nitrogens with zero attached hydrogens (tertiary/aromatic N) is 1. The molecule has 1 aromatic carbocycles. The topological polar surface area (TPSA) is 78.9 Å². The second-order valence-electron chi connectivity index (χ2n) is 5.45. The van der Waals surface area contributed by atoms with Gasteiger partial charge in [-0.2, -0.15) is 0 Å². The third-order valence-corrected chi connectivity index (χ3v) is 4.67. The van der Waals surface area contributed by atoms with E-state index in [9.17, 15) is 4.79 Å². The average Bonchev–Trinajstić information content (AvgIpc) is 3.29. The van der Waals surface area contributed by atoms with Crippen LogP contribution in [-0.4, -0.2) is 30.6 Å². The fourth-order valence-corrected chi connectivity index (χ4v) is 3.31. The van der Waals surface area contributed by atoms with Crippen molar-refractivity contribution in [2.24, 2.45) is 0 Å². The number of benzene rings is 1. The summed E-state index contributed by atoms with van der Waals surface area (Å²) in [4.78, 5) is 21.8. The van der Waals surface area contributed by atoms with Crippen LogP contribution in [0.5, 0.6) is 11.5 Å². The van der Waals surface area contributed by atoms with Crippen LogP contribution in [0.1, 0.15) is 29.8 Å². The van der Waals surface area contributed by atoms with Crippen molar-refractivity contribution in [1.82, 2.24) is 10.5 Å². The quantitative estimate of drug-likeness (QED) is 0.856. The Labute approximate surface area is 142 Å². The Balaban J connectivity index is 1.41. The number of hydrogen-bond donors (Lipinski definition) is 1. The molecular weight excluding hydrogens is 332 g/mol. The molecule has 1 fully saturated rings. The first-order valence-corrected chi connectivity index (χ1v) is 8.61. The lowest BCUT2D eigenvalue weighted by Crippen LogP contribution is -2.33. The maximum Gasteiger partial charge on any atom is 0.294 e. The molecule has 0 radical (unpaired) electrons. The first-order valence-electron chi connectivity index (χ1n) is 7.73. The lowest BCUT2D eigenvalue weighted by Gasteiger charge is -2.21. The molecule has 4 rings (SSSR count). The van der Waals surface area contributed by atoms with E-state index in [1.165, 1.54) is 11.3 Å². The fraction of sp³-hybridized carbons (Fsp3) is 0.375. The Bertz CT molecular complexity index is 742. The van der Waals surface area contributed by atoms with Crippen LogP contribution < -0.4 is 15.0 Å². The van der Waals surface area contributed by atoms with Crippen molar-refractivity contribution in [3.8, 4) is 22.1 Å². The van der Waals surface area contributed by atoms with Crippen LogP contribution in [0.15, 0.2) is 23.6 Å². The summed E-state index contributed by atoms with van der Waals surface area (Å²) in [6.07, 6.45) is 2.46. The number of nitrogens with one attached hydrogen (secondary N) is 1. The van der Waals surface area contributed by atoms with Gasteiger partial charge in [0.15, 0.2) is 17.8 Å². The molecule has 1 atom stereocenters. The number of thiazole rings is 1. The van der Waals surface area contributed by atoms with Crippen molar-refractivity contribution in [2.45, 2.75) is 25.6 Å². The summed E-state index contributed by atoms with van der Waals surface area (Å²) in [6.45, 7) is 0.885. The monoisotopic (exact) mass is 348 g/mol. The molecule has 2 aliphatic heterocycles. The number of aromatic nitrogens is 1. The van der Waals surface area contributed by atoms with E-state index >= 15 is 0 Å². The van der Waals surface area contributed by atoms with Gasteiger partial charge >= 0.3 is 0 Å². The molecule has 0 saturated carbocycles. The first kappa shape index (κ1) is 15.4. The zero-order valence-electron chi connectivity index (χ0n) is 12.8. The van der Waals surface area contributed by atoms with E-state index in [1.54, 1.807) is 5.38 Å². The molecule has 7 nitrogen and oxygen atoms in total. The van der Waals surface area contributed by atoms with E-state index < -0.39 is 0 Å². The van der Waals surface area contributed by atoms with Gasteiger partial charge < -0.3 is 14.2 Å². The van der Waals surface area contributed by atoms with Gasteiger partial charge in [0.25, 0.3) is 5.91 Å². The Morgan fingerprint density at radius 1 is 1.29 bits per heavy atom. The predicted octanol–water partition coefficient (Wildman–Crippen LogP) is 2.73. The standard InChI is InChI=1S/C16H16N2O5S/c19-15(18-23-14-3-1-2-6-20-14)11-8-24-16(17-11)10-4-5-12-13(7-10)22-9-21-12/h4-5,7-8,14H,1-3,6,9H2,(H,18,19). The summed E-state index contributed by atoms with van der Waals surface area (Å²) >= 11 is 1.38. The lowest BCUT2D eigenvalue weighted by molar-refractivity contribution is -0.186. The Kier molecular flexibility index (Phi) is 4.33. The van der Waals surface area contributed by atoms with Crippen molar-refractivity contribution in [2.75, 3.05) is 13.4 Å². The number of carbonyl (C=O) groups is 1. The van der Waals surface area contributed by atoms with Gasteiger partial charge in [-0.1, -0.05) is 0 Å². The second-order valence-corrected chi connectivity index (χ2v) is 6.31. The first-order chi connectivity index (χ1) is 11.8. The predicted molar refractivity (Wildman–Crippen MR) is 85.8 cm³/mol. The molecule has 3 heterocycles. The van der Waals surface area contributed by atoms with E-state index in [4.69, 9.17) is 19.0 Å². The lowest BCUT2D eigenvalue weighted by atomic mass is 10.2. The van der Waals surface area contributed by atoms with Gasteiger partial charge in [-0.3, -0.25) is 4.79 Å². The van der Waals surface area contributed by atoms with E-state index in [2.05, 4.69) is 10.5 Å². The van der Waals surface area contributed by atoms with Crippen LogP contribution in [0.25, 0.3) is 10.6 Å². The minimum atomic E-state index is -0.382. The molecule has 0 aliphatic carbocycles. The highest BCUT2D eigenvalue weighted by Crippen LogP contribution is 2.36. The average molecular weight is 348 g/mol. The number of rotatable bonds is 4. The highest BCUT2D eigenvalue weighted by Gasteiger charge is 2.19. The number of ether oxygens (including phenoxy) is 3. The van der Waals surface area contributed by atoms with Gasteiger partial charge in [0.1, 0.15) is 10.7 Å². The highest BCUT2D eigenvalue weighted by molar-refractivity contribution is 7.13. The minimum absolute atomic E-state index is 0.227. The number of amides is 1. The number of carbonyl (C=O) groups excluding carboxylic acids is 1. The van der Waals surface area contributed by atoms with Crippen LogP contribution in [0.2, 0.25) is 0 Å². The fourth-order valence-electron chi connectivity index (χ4n) is 2.52. The molecule has 8 heteroatoms. The Hall–Kier alpha value is -2.16. The maximum absolute atomic E-state index is 12.1. The highest BCUT2D eigenvalue weighted by atomic mass is 32.1. The molecule has 1 saturated heterocycles. The van der Waals surface area contributed by atoms with Crippen LogP contribution in [-0.2, 0) is 9.57 Å². The summed E-state index contributed by atoms with van der Waals surface area (Å²) in [5.41, 5.74) is 3.59. The molecule has 126 valence electrons. The molecule has 2 aromatic rings. The minimum Gasteiger partial charge on any atom is -0.454 e. The van der Waals surface area contributed by atoms with E-state index in [1.807, 2.05) is 18.2 Å². The van der Waals surface area contributed by atoms with E-state index in [0.717, 1.165) is 29.8 Å². The normalized spacial score (nSPS) is 19.2. The third-order valence-electron chi connectivity index (χ3n) is 3.78. The van der Waals surface area contributed by atoms with Crippen molar-refractivity contribution in [3.05, 3.63) is 29.3 Å². The number of hydrogen-bond acceptors (Lipinski definition) is 7. The zero-order chi connectivity index (χ0) is 16.4. The van der Waals surface area contributed by atoms with Gasteiger partial charge in [0.05, 0.1) is 0 Å². The maximum atomic E-state index is 12.1. The van der Waals surface area contributed by atoms with Crippen molar-refractivity contribution in [1.29, 1.82) is 0 Å².